The number of carbonyl (C=O) groups excluding carboxylic acids is 1. The fourth-order valence-electron chi connectivity index (χ4n) is 2.91. The number of ether oxygens (including phenoxy) is 1. The summed E-state index contributed by atoms with van der Waals surface area (Å²) < 4.78 is 6.87. The molecule has 8 nitrogen and oxygen atoms in total. The summed E-state index contributed by atoms with van der Waals surface area (Å²) in [5, 5.41) is 11.0. The quantitative estimate of drug-likeness (QED) is 0.282. The second-order valence-electron chi connectivity index (χ2n) is 6.23. The normalized spacial score (nSPS) is 15.3. The third-order valence-corrected chi connectivity index (χ3v) is 4.28. The summed E-state index contributed by atoms with van der Waals surface area (Å²) in [6.45, 7) is 4.54. The van der Waals surface area contributed by atoms with Gasteiger partial charge in [0.1, 0.15) is 0 Å². The maximum atomic E-state index is 11.7. The first kappa shape index (κ1) is 22.5. The minimum Gasteiger partial charge on any atom is -0.450 e. The van der Waals surface area contributed by atoms with Crippen LogP contribution in [0.4, 0.5) is 4.79 Å². The van der Waals surface area contributed by atoms with Crippen LogP contribution in [0.1, 0.15) is 31.7 Å². The highest BCUT2D eigenvalue weighted by molar-refractivity contribution is 14.0. The van der Waals surface area contributed by atoms with Gasteiger partial charge in [-0.05, 0) is 38.2 Å². The zero-order chi connectivity index (χ0) is 18.1. The Morgan fingerprint density at radius 3 is 2.73 bits per heavy atom. The average Bonchev–Trinajstić information content (AvgIpc) is 3.03. The maximum absolute atomic E-state index is 11.7. The predicted octanol–water partition coefficient (Wildman–Crippen LogP) is 1.76. The van der Waals surface area contributed by atoms with Crippen molar-refractivity contribution in [2.24, 2.45) is 12.0 Å². The summed E-state index contributed by atoms with van der Waals surface area (Å²) in [6, 6.07) is 0.329. The first-order valence-electron chi connectivity index (χ1n) is 8.98. The van der Waals surface area contributed by atoms with E-state index >= 15 is 0 Å². The van der Waals surface area contributed by atoms with E-state index in [9.17, 15) is 4.79 Å². The number of likely N-dealkylation sites (tertiary alicyclic amines) is 1. The topological polar surface area (TPSA) is 83.8 Å². The lowest BCUT2D eigenvalue weighted by atomic mass is 10.1. The fraction of sp³-hybridized carbons (Fsp3) is 0.706. The van der Waals surface area contributed by atoms with Gasteiger partial charge in [0.15, 0.2) is 5.96 Å². The monoisotopic (exact) mass is 478 g/mol. The second-order valence-corrected chi connectivity index (χ2v) is 6.23. The lowest BCUT2D eigenvalue weighted by Crippen LogP contribution is -2.50. The van der Waals surface area contributed by atoms with Crippen LogP contribution in [0.2, 0.25) is 0 Å². The van der Waals surface area contributed by atoms with Crippen molar-refractivity contribution in [1.29, 1.82) is 0 Å². The number of piperidine rings is 1. The van der Waals surface area contributed by atoms with Crippen LogP contribution in [0.3, 0.4) is 0 Å². The van der Waals surface area contributed by atoms with E-state index < -0.39 is 0 Å². The first-order valence-corrected chi connectivity index (χ1v) is 8.98. The van der Waals surface area contributed by atoms with E-state index in [2.05, 4.69) is 20.7 Å². The van der Waals surface area contributed by atoms with Gasteiger partial charge in [0, 0.05) is 46.0 Å². The van der Waals surface area contributed by atoms with Gasteiger partial charge in [-0.3, -0.25) is 9.67 Å². The molecule has 1 fully saturated rings. The van der Waals surface area contributed by atoms with E-state index in [0.717, 1.165) is 38.2 Å². The van der Waals surface area contributed by atoms with Gasteiger partial charge in [0.25, 0.3) is 0 Å². The molecule has 1 aromatic heterocycles. The van der Waals surface area contributed by atoms with Crippen molar-refractivity contribution >= 4 is 36.0 Å². The number of hydrogen-bond acceptors (Lipinski definition) is 4. The molecule has 148 valence electrons. The van der Waals surface area contributed by atoms with E-state index in [4.69, 9.17) is 4.74 Å². The molecule has 0 aliphatic carbocycles. The zero-order valence-corrected chi connectivity index (χ0v) is 18.2. The molecule has 0 spiro atoms. The number of hydrogen-bond donors (Lipinski definition) is 2. The molecule has 2 heterocycles. The van der Waals surface area contributed by atoms with Crippen LogP contribution in [-0.2, 0) is 18.2 Å². The third kappa shape index (κ3) is 7.38. The Balaban J connectivity index is 0.00000338. The third-order valence-electron chi connectivity index (χ3n) is 4.28. The van der Waals surface area contributed by atoms with Crippen molar-refractivity contribution in [3.8, 4) is 0 Å². The molecular formula is C17H31IN6O2. The summed E-state index contributed by atoms with van der Waals surface area (Å²) in [7, 11) is 3.71. The number of halogens is 1. The van der Waals surface area contributed by atoms with Crippen molar-refractivity contribution in [2.45, 2.75) is 38.6 Å². The molecule has 1 aliphatic rings. The number of aromatic nitrogens is 2. The van der Waals surface area contributed by atoms with Gasteiger partial charge in [-0.2, -0.15) is 5.10 Å². The van der Waals surface area contributed by atoms with E-state index in [-0.39, 0.29) is 30.1 Å². The van der Waals surface area contributed by atoms with Gasteiger partial charge in [0.05, 0.1) is 12.8 Å². The van der Waals surface area contributed by atoms with Crippen LogP contribution in [0.5, 0.6) is 0 Å². The zero-order valence-electron chi connectivity index (χ0n) is 15.9. The Morgan fingerprint density at radius 1 is 1.42 bits per heavy atom. The van der Waals surface area contributed by atoms with Crippen LogP contribution >= 0.6 is 24.0 Å². The molecule has 2 rings (SSSR count). The fourth-order valence-corrected chi connectivity index (χ4v) is 2.91. The molecule has 1 aromatic rings. The van der Waals surface area contributed by atoms with Gasteiger partial charge < -0.3 is 20.3 Å². The number of nitrogens with one attached hydrogen (secondary N) is 2. The maximum Gasteiger partial charge on any atom is 0.409 e. The summed E-state index contributed by atoms with van der Waals surface area (Å²) in [5.74, 6) is 0.820. The van der Waals surface area contributed by atoms with Crippen LogP contribution in [0.15, 0.2) is 17.4 Å². The number of nitrogens with zero attached hydrogens (tertiary/aromatic N) is 4. The summed E-state index contributed by atoms with van der Waals surface area (Å²) in [6.07, 6.45) is 7.56. The Hall–Kier alpha value is -1.52. The van der Waals surface area contributed by atoms with Crippen LogP contribution in [0.25, 0.3) is 0 Å². The summed E-state index contributed by atoms with van der Waals surface area (Å²) >= 11 is 0. The molecule has 1 saturated heterocycles. The Kier molecular flexibility index (Phi) is 10.4. The molecule has 0 radical (unpaired) electrons. The summed E-state index contributed by atoms with van der Waals surface area (Å²) in [4.78, 5) is 17.8. The van der Waals surface area contributed by atoms with Crippen LogP contribution < -0.4 is 10.6 Å². The Labute approximate surface area is 172 Å². The van der Waals surface area contributed by atoms with Gasteiger partial charge >= 0.3 is 6.09 Å². The largest absolute Gasteiger partial charge is 0.450 e. The van der Waals surface area contributed by atoms with Gasteiger partial charge in [-0.15, -0.1) is 24.0 Å². The molecule has 1 aliphatic heterocycles. The highest BCUT2D eigenvalue weighted by Gasteiger charge is 2.23. The van der Waals surface area contributed by atoms with Gasteiger partial charge in [0.2, 0.25) is 0 Å². The summed E-state index contributed by atoms with van der Waals surface area (Å²) in [5.41, 5.74) is 1.25. The smallest absolute Gasteiger partial charge is 0.409 e. The standard InChI is InChI=1S/C17H30N6O2.HI/c1-4-25-17(24)23-10-7-15(8-11-23)21-16(18-2)19-9-5-6-14-12-20-22(3)13-14;/h12-13,15H,4-11H2,1-3H3,(H2,18,19,21);1H. The number of aliphatic imine (C=N–C) groups is 1. The number of rotatable bonds is 6. The van der Waals surface area contributed by atoms with Gasteiger partial charge in [-0.25, -0.2) is 4.79 Å². The number of aryl methyl sites for hydroxylation is 2. The molecule has 0 bridgehead atoms. The molecular weight excluding hydrogens is 447 g/mol. The van der Waals surface area contributed by atoms with Crippen LogP contribution in [0, 0.1) is 0 Å². The first-order chi connectivity index (χ1) is 12.1. The predicted molar refractivity (Wildman–Crippen MR) is 113 cm³/mol. The highest BCUT2D eigenvalue weighted by atomic mass is 127. The second kappa shape index (κ2) is 12.0. The Bertz CT molecular complexity index is 569. The molecule has 26 heavy (non-hydrogen) atoms. The highest BCUT2D eigenvalue weighted by Crippen LogP contribution is 2.11. The molecule has 0 aromatic carbocycles. The minimum absolute atomic E-state index is 0. The molecule has 0 saturated carbocycles. The lowest BCUT2D eigenvalue weighted by molar-refractivity contribution is 0.0963. The molecule has 0 atom stereocenters. The SMILES string of the molecule is CCOC(=O)N1CCC(NC(=NC)NCCCc2cnn(C)c2)CC1.I. The molecule has 1 amide bonds. The number of amides is 1. The van der Waals surface area contributed by atoms with Gasteiger partial charge in [-0.1, -0.05) is 0 Å². The van der Waals surface area contributed by atoms with Crippen molar-refractivity contribution < 1.29 is 9.53 Å². The van der Waals surface area contributed by atoms with Crippen molar-refractivity contribution in [3.05, 3.63) is 18.0 Å². The van der Waals surface area contributed by atoms with Crippen molar-refractivity contribution in [3.63, 3.8) is 0 Å². The molecule has 2 N–H and O–H groups in total. The number of carbonyl (C=O) groups is 1. The molecule has 9 heteroatoms. The Morgan fingerprint density at radius 2 is 2.15 bits per heavy atom. The van der Waals surface area contributed by atoms with E-state index in [1.165, 1.54) is 5.56 Å². The van der Waals surface area contributed by atoms with E-state index in [0.29, 0.717) is 25.7 Å². The molecule has 0 unspecified atom stereocenters. The minimum atomic E-state index is -0.209. The van der Waals surface area contributed by atoms with Crippen LogP contribution in [-0.4, -0.2) is 66.1 Å². The lowest BCUT2D eigenvalue weighted by Gasteiger charge is -2.32. The van der Waals surface area contributed by atoms with Crippen molar-refractivity contribution in [2.75, 3.05) is 33.3 Å². The van der Waals surface area contributed by atoms with E-state index in [1.54, 1.807) is 11.9 Å². The van der Waals surface area contributed by atoms with E-state index in [1.807, 2.05) is 31.0 Å². The van der Waals surface area contributed by atoms with Crippen molar-refractivity contribution in [1.82, 2.24) is 25.3 Å². The number of guanidine groups is 1. The average molecular weight is 478 g/mol.